The van der Waals surface area contributed by atoms with Crippen molar-refractivity contribution in [2.24, 2.45) is 7.05 Å². The second-order valence-corrected chi connectivity index (χ2v) is 4.12. The van der Waals surface area contributed by atoms with E-state index in [-0.39, 0.29) is 5.78 Å². The van der Waals surface area contributed by atoms with E-state index in [1.54, 1.807) is 25.4 Å². The summed E-state index contributed by atoms with van der Waals surface area (Å²) in [4.78, 5) is 16.0. The van der Waals surface area contributed by atoms with Crippen molar-refractivity contribution in [2.75, 3.05) is 5.73 Å². The Morgan fingerprint density at radius 2 is 2.19 bits per heavy atom. The number of aromatic nitrogens is 3. The van der Waals surface area contributed by atoms with E-state index in [1.807, 2.05) is 0 Å². The topological polar surface area (TPSA) is 73.8 Å². The van der Waals surface area contributed by atoms with E-state index in [0.29, 0.717) is 21.5 Å². The van der Waals surface area contributed by atoms with Crippen molar-refractivity contribution >= 4 is 27.4 Å². The molecule has 0 atom stereocenters. The SMILES string of the molecule is Cn1ncc(Br)c1C(=O)c1ccc(N)cn1. The third kappa shape index (κ3) is 1.83. The van der Waals surface area contributed by atoms with Crippen molar-refractivity contribution in [2.45, 2.75) is 0 Å². The molecule has 0 radical (unpaired) electrons. The lowest BCUT2D eigenvalue weighted by atomic mass is 10.2. The number of rotatable bonds is 2. The minimum Gasteiger partial charge on any atom is -0.397 e. The van der Waals surface area contributed by atoms with Crippen molar-refractivity contribution in [3.05, 3.63) is 40.4 Å². The number of carbonyl (C=O) groups is 1. The maximum absolute atomic E-state index is 12.1. The van der Waals surface area contributed by atoms with Crippen molar-refractivity contribution < 1.29 is 4.79 Å². The lowest BCUT2D eigenvalue weighted by molar-refractivity contribution is 0.102. The zero-order chi connectivity index (χ0) is 11.7. The standard InChI is InChI=1S/C10H9BrN4O/c1-15-9(7(11)5-14-15)10(16)8-3-2-6(12)4-13-8/h2-5H,12H2,1H3. The summed E-state index contributed by atoms with van der Waals surface area (Å²) < 4.78 is 2.16. The Hall–Kier alpha value is -1.69. The molecule has 6 heteroatoms. The van der Waals surface area contributed by atoms with Crippen LogP contribution in [0.25, 0.3) is 0 Å². The number of carbonyl (C=O) groups excluding carboxylic acids is 1. The molecular formula is C10H9BrN4O. The van der Waals surface area contributed by atoms with E-state index >= 15 is 0 Å². The van der Waals surface area contributed by atoms with Crippen molar-refractivity contribution in [1.82, 2.24) is 14.8 Å². The fourth-order valence-corrected chi connectivity index (χ4v) is 1.86. The zero-order valence-electron chi connectivity index (χ0n) is 8.51. The van der Waals surface area contributed by atoms with Gasteiger partial charge in [-0.25, -0.2) is 0 Å². The first kappa shape index (κ1) is 10.8. The number of anilines is 1. The lowest BCUT2D eigenvalue weighted by Crippen LogP contribution is -2.10. The van der Waals surface area contributed by atoms with Gasteiger partial charge in [-0.3, -0.25) is 14.5 Å². The van der Waals surface area contributed by atoms with Crippen LogP contribution in [0.2, 0.25) is 0 Å². The molecule has 0 bridgehead atoms. The Kier molecular flexibility index (Phi) is 2.74. The highest BCUT2D eigenvalue weighted by Crippen LogP contribution is 2.18. The summed E-state index contributed by atoms with van der Waals surface area (Å²) in [6, 6.07) is 3.24. The highest BCUT2D eigenvalue weighted by Gasteiger charge is 2.17. The van der Waals surface area contributed by atoms with E-state index in [4.69, 9.17) is 5.73 Å². The van der Waals surface area contributed by atoms with Gasteiger partial charge in [-0.15, -0.1) is 0 Å². The molecule has 82 valence electrons. The molecule has 0 spiro atoms. The van der Waals surface area contributed by atoms with Crippen LogP contribution < -0.4 is 5.73 Å². The smallest absolute Gasteiger partial charge is 0.230 e. The average molecular weight is 281 g/mol. The number of nitrogens with zero attached hydrogens (tertiary/aromatic N) is 3. The number of aryl methyl sites for hydroxylation is 1. The van der Waals surface area contributed by atoms with Crippen LogP contribution in [0.15, 0.2) is 29.0 Å². The normalized spacial score (nSPS) is 10.4. The molecule has 0 saturated carbocycles. The summed E-state index contributed by atoms with van der Waals surface area (Å²) in [5.41, 5.74) is 6.85. The third-order valence-corrected chi connectivity index (χ3v) is 2.71. The van der Waals surface area contributed by atoms with Gasteiger partial charge in [0.05, 0.1) is 22.6 Å². The van der Waals surface area contributed by atoms with Crippen LogP contribution in [0, 0.1) is 0 Å². The van der Waals surface area contributed by atoms with E-state index in [0.717, 1.165) is 0 Å². The van der Waals surface area contributed by atoms with E-state index in [2.05, 4.69) is 26.0 Å². The number of halogens is 1. The van der Waals surface area contributed by atoms with Crippen LogP contribution in [-0.4, -0.2) is 20.5 Å². The maximum atomic E-state index is 12.1. The third-order valence-electron chi connectivity index (χ3n) is 2.13. The second kappa shape index (κ2) is 4.05. The highest BCUT2D eigenvalue weighted by atomic mass is 79.9. The molecule has 0 unspecified atom stereocenters. The molecule has 2 aromatic rings. The molecule has 0 fully saturated rings. The summed E-state index contributed by atoms with van der Waals surface area (Å²) in [6.45, 7) is 0. The van der Waals surface area contributed by atoms with Gasteiger partial charge in [0.25, 0.3) is 0 Å². The summed E-state index contributed by atoms with van der Waals surface area (Å²) in [7, 11) is 1.70. The lowest BCUT2D eigenvalue weighted by Gasteiger charge is -2.02. The number of hydrogen-bond donors (Lipinski definition) is 1. The predicted octanol–water partition coefficient (Wildman–Crippen LogP) is 1.39. The Labute approximate surface area is 100 Å². The first-order valence-corrected chi connectivity index (χ1v) is 5.32. The van der Waals surface area contributed by atoms with E-state index in [1.165, 1.54) is 10.9 Å². The molecular weight excluding hydrogens is 272 g/mol. The van der Waals surface area contributed by atoms with Gasteiger partial charge in [0.2, 0.25) is 5.78 Å². The van der Waals surface area contributed by atoms with Gasteiger partial charge >= 0.3 is 0 Å². The number of nitrogens with two attached hydrogens (primary N) is 1. The van der Waals surface area contributed by atoms with Crippen LogP contribution in [0.4, 0.5) is 5.69 Å². The minimum absolute atomic E-state index is 0.188. The second-order valence-electron chi connectivity index (χ2n) is 3.27. The molecule has 2 rings (SSSR count). The zero-order valence-corrected chi connectivity index (χ0v) is 10.1. The fraction of sp³-hybridized carbons (Fsp3) is 0.100. The first-order valence-electron chi connectivity index (χ1n) is 4.53. The van der Waals surface area contributed by atoms with Crippen LogP contribution in [0.3, 0.4) is 0 Å². The molecule has 0 amide bonds. The van der Waals surface area contributed by atoms with Gasteiger partial charge in [-0.05, 0) is 28.1 Å². The molecule has 0 aromatic carbocycles. The van der Waals surface area contributed by atoms with Crippen LogP contribution in [0.1, 0.15) is 16.2 Å². The van der Waals surface area contributed by atoms with Crippen LogP contribution in [0.5, 0.6) is 0 Å². The summed E-state index contributed by atoms with van der Waals surface area (Å²) in [5.74, 6) is -0.188. The van der Waals surface area contributed by atoms with Gasteiger partial charge in [0.15, 0.2) is 0 Å². The molecule has 5 nitrogen and oxygen atoms in total. The van der Waals surface area contributed by atoms with Crippen molar-refractivity contribution in [3.63, 3.8) is 0 Å². The summed E-state index contributed by atoms with van der Waals surface area (Å²) in [5, 5.41) is 3.98. The van der Waals surface area contributed by atoms with E-state index < -0.39 is 0 Å². The number of pyridine rings is 1. The predicted molar refractivity (Wildman–Crippen MR) is 63.0 cm³/mol. The van der Waals surface area contributed by atoms with Gasteiger partial charge < -0.3 is 5.73 Å². The Balaban J connectivity index is 2.43. The molecule has 0 aliphatic carbocycles. The number of hydrogen-bond acceptors (Lipinski definition) is 4. The largest absolute Gasteiger partial charge is 0.397 e. The van der Waals surface area contributed by atoms with Gasteiger partial charge in [-0.2, -0.15) is 5.10 Å². The minimum atomic E-state index is -0.188. The Morgan fingerprint density at radius 3 is 2.69 bits per heavy atom. The molecule has 16 heavy (non-hydrogen) atoms. The molecule has 2 N–H and O–H groups in total. The maximum Gasteiger partial charge on any atom is 0.230 e. The van der Waals surface area contributed by atoms with Crippen LogP contribution >= 0.6 is 15.9 Å². The molecule has 0 saturated heterocycles. The fourth-order valence-electron chi connectivity index (χ4n) is 1.33. The quantitative estimate of drug-likeness (QED) is 0.844. The van der Waals surface area contributed by atoms with E-state index in [9.17, 15) is 4.79 Å². The molecule has 2 aromatic heterocycles. The number of nitrogen functional groups attached to an aromatic ring is 1. The summed E-state index contributed by atoms with van der Waals surface area (Å²) >= 11 is 3.27. The number of ketones is 1. The Bertz CT molecular complexity index is 513. The van der Waals surface area contributed by atoms with Gasteiger partial charge in [0.1, 0.15) is 11.4 Å². The first-order chi connectivity index (χ1) is 7.59. The molecule has 0 aliphatic heterocycles. The van der Waals surface area contributed by atoms with Crippen molar-refractivity contribution in [1.29, 1.82) is 0 Å². The molecule has 0 aliphatic rings. The molecule has 2 heterocycles. The van der Waals surface area contributed by atoms with Crippen LogP contribution in [-0.2, 0) is 7.05 Å². The highest BCUT2D eigenvalue weighted by molar-refractivity contribution is 9.10. The van der Waals surface area contributed by atoms with Crippen molar-refractivity contribution in [3.8, 4) is 0 Å². The van der Waals surface area contributed by atoms with Gasteiger partial charge in [0, 0.05) is 7.05 Å². The van der Waals surface area contributed by atoms with Gasteiger partial charge in [-0.1, -0.05) is 0 Å². The monoisotopic (exact) mass is 280 g/mol. The Morgan fingerprint density at radius 1 is 1.44 bits per heavy atom. The average Bonchev–Trinajstić information content (AvgIpc) is 2.59. The summed E-state index contributed by atoms with van der Waals surface area (Å²) in [6.07, 6.45) is 3.03.